The van der Waals surface area contributed by atoms with E-state index in [1.165, 1.54) is 4.57 Å². The van der Waals surface area contributed by atoms with Crippen LogP contribution in [0.3, 0.4) is 0 Å². The number of nitrogens with two attached hydrogens (primary N) is 1. The van der Waals surface area contributed by atoms with Crippen LogP contribution in [0.15, 0.2) is 27.1 Å². The SMILES string of the molecule is CC(C)Cn1c(N)c(NCc2cccs2)c(=O)[nH]c1=O. The van der Waals surface area contributed by atoms with Crippen LogP contribution >= 0.6 is 11.3 Å². The number of hydrogen-bond acceptors (Lipinski definition) is 5. The maximum atomic E-state index is 11.9. The molecule has 0 aliphatic rings. The lowest BCUT2D eigenvalue weighted by molar-refractivity contribution is 0.508. The van der Waals surface area contributed by atoms with Gasteiger partial charge in [-0.15, -0.1) is 11.3 Å². The van der Waals surface area contributed by atoms with Crippen molar-refractivity contribution in [2.75, 3.05) is 11.1 Å². The van der Waals surface area contributed by atoms with E-state index in [1.807, 2.05) is 31.4 Å². The minimum atomic E-state index is -0.482. The zero-order valence-electron chi connectivity index (χ0n) is 11.5. The van der Waals surface area contributed by atoms with E-state index in [-0.39, 0.29) is 17.4 Å². The summed E-state index contributed by atoms with van der Waals surface area (Å²) in [7, 11) is 0. The molecule has 2 rings (SSSR count). The number of nitrogens with zero attached hydrogens (tertiary/aromatic N) is 1. The van der Waals surface area contributed by atoms with Gasteiger partial charge in [-0.05, 0) is 17.4 Å². The summed E-state index contributed by atoms with van der Waals surface area (Å²) in [5, 5.41) is 4.97. The van der Waals surface area contributed by atoms with Gasteiger partial charge in [0.2, 0.25) is 0 Å². The molecule has 0 fully saturated rings. The molecular weight excluding hydrogens is 276 g/mol. The summed E-state index contributed by atoms with van der Waals surface area (Å²) >= 11 is 1.59. The summed E-state index contributed by atoms with van der Waals surface area (Å²) < 4.78 is 1.39. The first-order chi connectivity index (χ1) is 9.49. The van der Waals surface area contributed by atoms with Gasteiger partial charge in [0.05, 0.1) is 0 Å². The second-order valence-corrected chi connectivity index (χ2v) is 5.99. The first-order valence-electron chi connectivity index (χ1n) is 6.38. The highest BCUT2D eigenvalue weighted by Crippen LogP contribution is 2.15. The normalized spacial score (nSPS) is 10.9. The van der Waals surface area contributed by atoms with Crippen molar-refractivity contribution in [3.63, 3.8) is 0 Å². The van der Waals surface area contributed by atoms with Crippen molar-refractivity contribution in [2.45, 2.75) is 26.9 Å². The lowest BCUT2D eigenvalue weighted by Crippen LogP contribution is -2.35. The predicted octanol–water partition coefficient (Wildman–Crippen LogP) is 1.45. The average molecular weight is 294 g/mol. The molecule has 0 spiro atoms. The summed E-state index contributed by atoms with van der Waals surface area (Å²) in [5.74, 6) is 0.440. The highest BCUT2D eigenvalue weighted by atomic mass is 32.1. The molecule has 0 aromatic carbocycles. The molecular formula is C13H18N4O2S. The number of nitrogen functional groups attached to an aromatic ring is 1. The van der Waals surface area contributed by atoms with Crippen LogP contribution in [-0.4, -0.2) is 9.55 Å². The molecule has 0 saturated carbocycles. The van der Waals surface area contributed by atoms with E-state index in [9.17, 15) is 9.59 Å². The smallest absolute Gasteiger partial charge is 0.330 e. The molecule has 2 aromatic rings. The van der Waals surface area contributed by atoms with Crippen LogP contribution in [0.4, 0.5) is 11.5 Å². The fraction of sp³-hybridized carbons (Fsp3) is 0.385. The number of hydrogen-bond donors (Lipinski definition) is 3. The van der Waals surface area contributed by atoms with Gasteiger partial charge in [-0.1, -0.05) is 19.9 Å². The summed E-state index contributed by atoms with van der Waals surface area (Å²) in [5.41, 5.74) is 5.25. The third-order valence-electron chi connectivity index (χ3n) is 2.81. The molecule has 6 nitrogen and oxygen atoms in total. The van der Waals surface area contributed by atoms with Gasteiger partial charge in [-0.25, -0.2) is 4.79 Å². The molecule has 0 aliphatic carbocycles. The van der Waals surface area contributed by atoms with Crippen LogP contribution in [0.1, 0.15) is 18.7 Å². The molecule has 2 aromatic heterocycles. The van der Waals surface area contributed by atoms with E-state index in [0.29, 0.717) is 13.1 Å². The number of anilines is 2. The van der Waals surface area contributed by atoms with Crippen molar-refractivity contribution >= 4 is 22.8 Å². The van der Waals surface area contributed by atoms with Gasteiger partial charge in [-0.2, -0.15) is 0 Å². The van der Waals surface area contributed by atoms with Gasteiger partial charge in [0.25, 0.3) is 5.56 Å². The van der Waals surface area contributed by atoms with E-state index in [4.69, 9.17) is 5.73 Å². The highest BCUT2D eigenvalue weighted by Gasteiger charge is 2.13. The van der Waals surface area contributed by atoms with Crippen molar-refractivity contribution in [1.29, 1.82) is 0 Å². The Morgan fingerprint density at radius 1 is 1.45 bits per heavy atom. The summed E-state index contributed by atoms with van der Waals surface area (Å²) in [6.45, 7) is 4.94. The number of aromatic amines is 1. The Kier molecular flexibility index (Phi) is 4.29. The van der Waals surface area contributed by atoms with Gasteiger partial charge >= 0.3 is 5.69 Å². The van der Waals surface area contributed by atoms with E-state index < -0.39 is 11.2 Å². The minimum Gasteiger partial charge on any atom is -0.383 e. The van der Waals surface area contributed by atoms with Crippen LogP contribution < -0.4 is 22.3 Å². The molecule has 4 N–H and O–H groups in total. The fourth-order valence-electron chi connectivity index (χ4n) is 1.89. The predicted molar refractivity (Wildman–Crippen MR) is 82.2 cm³/mol. The monoisotopic (exact) mass is 294 g/mol. The van der Waals surface area contributed by atoms with Gasteiger partial charge in [0.1, 0.15) is 11.5 Å². The third-order valence-corrected chi connectivity index (χ3v) is 3.68. The Bertz CT molecular complexity index is 685. The molecule has 0 unspecified atom stereocenters. The highest BCUT2D eigenvalue weighted by molar-refractivity contribution is 7.09. The molecule has 0 amide bonds. The molecule has 0 bridgehead atoms. The molecule has 0 aliphatic heterocycles. The lowest BCUT2D eigenvalue weighted by Gasteiger charge is -2.15. The largest absolute Gasteiger partial charge is 0.383 e. The quantitative estimate of drug-likeness (QED) is 0.778. The van der Waals surface area contributed by atoms with Crippen molar-refractivity contribution < 1.29 is 0 Å². The van der Waals surface area contributed by atoms with Crippen LogP contribution in [0.5, 0.6) is 0 Å². The summed E-state index contributed by atoms with van der Waals surface area (Å²) in [6.07, 6.45) is 0. The summed E-state index contributed by atoms with van der Waals surface area (Å²) in [6, 6.07) is 3.90. The Morgan fingerprint density at radius 3 is 2.80 bits per heavy atom. The Labute approximate surface area is 120 Å². The summed E-state index contributed by atoms with van der Waals surface area (Å²) in [4.78, 5) is 27.0. The third kappa shape index (κ3) is 3.11. The number of H-pyrrole nitrogens is 1. The van der Waals surface area contributed by atoms with E-state index in [1.54, 1.807) is 11.3 Å². The van der Waals surface area contributed by atoms with Crippen molar-refractivity contribution in [3.8, 4) is 0 Å². The minimum absolute atomic E-state index is 0.184. The number of nitrogens with one attached hydrogen (secondary N) is 2. The zero-order valence-corrected chi connectivity index (χ0v) is 12.3. The lowest BCUT2D eigenvalue weighted by atomic mass is 10.2. The molecule has 108 valence electrons. The molecule has 0 saturated heterocycles. The number of thiophene rings is 1. The van der Waals surface area contributed by atoms with E-state index in [0.717, 1.165) is 4.88 Å². The second-order valence-electron chi connectivity index (χ2n) is 4.96. The molecule has 0 radical (unpaired) electrons. The second kappa shape index (κ2) is 5.96. The number of rotatable bonds is 5. The fourth-order valence-corrected chi connectivity index (χ4v) is 2.54. The van der Waals surface area contributed by atoms with E-state index >= 15 is 0 Å². The Morgan fingerprint density at radius 2 is 2.20 bits per heavy atom. The van der Waals surface area contributed by atoms with Crippen LogP contribution in [0, 0.1) is 5.92 Å². The number of aromatic nitrogens is 2. The molecule has 7 heteroatoms. The van der Waals surface area contributed by atoms with Crippen molar-refractivity contribution in [3.05, 3.63) is 43.2 Å². The van der Waals surface area contributed by atoms with Crippen LogP contribution in [0.25, 0.3) is 0 Å². The van der Waals surface area contributed by atoms with Gasteiger partial charge < -0.3 is 11.1 Å². The Hall–Kier alpha value is -2.02. The van der Waals surface area contributed by atoms with E-state index in [2.05, 4.69) is 10.3 Å². The first-order valence-corrected chi connectivity index (χ1v) is 7.26. The average Bonchev–Trinajstić information content (AvgIpc) is 2.87. The topological polar surface area (TPSA) is 92.9 Å². The Balaban J connectivity index is 2.32. The van der Waals surface area contributed by atoms with Crippen molar-refractivity contribution in [2.24, 2.45) is 5.92 Å². The van der Waals surface area contributed by atoms with Crippen molar-refractivity contribution in [1.82, 2.24) is 9.55 Å². The van der Waals surface area contributed by atoms with Gasteiger partial charge in [0.15, 0.2) is 0 Å². The first kappa shape index (κ1) is 14.4. The molecule has 20 heavy (non-hydrogen) atoms. The zero-order chi connectivity index (χ0) is 14.7. The van der Waals surface area contributed by atoms with Gasteiger partial charge in [0, 0.05) is 18.0 Å². The maximum absolute atomic E-state index is 11.9. The molecule has 0 atom stereocenters. The van der Waals surface area contributed by atoms with Crippen LogP contribution in [-0.2, 0) is 13.1 Å². The van der Waals surface area contributed by atoms with Gasteiger partial charge in [-0.3, -0.25) is 14.3 Å². The van der Waals surface area contributed by atoms with Crippen LogP contribution in [0.2, 0.25) is 0 Å². The molecule has 2 heterocycles. The maximum Gasteiger partial charge on any atom is 0.330 e. The standard InChI is InChI=1S/C13H18N4O2S/c1-8(2)7-17-11(14)10(12(18)16-13(17)19)15-6-9-4-3-5-20-9/h3-5,8,15H,6-7,14H2,1-2H3,(H,16,18,19).